The van der Waals surface area contributed by atoms with Crippen LogP contribution in [-0.2, 0) is 0 Å². The van der Waals surface area contributed by atoms with Crippen LogP contribution in [0.5, 0.6) is 11.5 Å². The second kappa shape index (κ2) is 14.6. The number of nitrogens with zero attached hydrogens (tertiary/aromatic N) is 3. The first-order valence-electron chi connectivity index (χ1n) is 21.2. The molecule has 0 unspecified atom stereocenters. The fraction of sp³-hybridized carbons (Fsp3) is 0.0357. The van der Waals surface area contributed by atoms with Crippen LogP contribution in [0.3, 0.4) is 0 Å². The molecular formula is C56H40BN3OS. The van der Waals surface area contributed by atoms with Gasteiger partial charge in [0.15, 0.2) is 0 Å². The highest BCUT2D eigenvalue weighted by molar-refractivity contribution is 7.26. The van der Waals surface area contributed by atoms with Crippen molar-refractivity contribution in [3.63, 3.8) is 0 Å². The molecule has 12 rings (SSSR count). The van der Waals surface area contributed by atoms with Gasteiger partial charge in [-0.1, -0.05) is 121 Å². The van der Waals surface area contributed by atoms with Crippen LogP contribution >= 0.6 is 11.3 Å². The number of thiophene rings is 1. The molecule has 0 radical (unpaired) electrons. The molecule has 0 saturated heterocycles. The van der Waals surface area contributed by atoms with E-state index in [2.05, 4.69) is 235 Å². The minimum atomic E-state index is -0.0533. The Labute approximate surface area is 366 Å². The summed E-state index contributed by atoms with van der Waals surface area (Å²) in [5.74, 6) is 1.80. The van der Waals surface area contributed by atoms with E-state index in [1.165, 1.54) is 36.7 Å². The molecule has 2 aliphatic rings. The molecule has 6 heteroatoms. The maximum absolute atomic E-state index is 7.19. The van der Waals surface area contributed by atoms with Crippen LogP contribution in [0.25, 0.3) is 20.2 Å². The standard InChI is InChI=1S/C56H40BN3OS/c1-37-25-28-42(29-26-37)59(50-23-14-22-46-45-21-12-13-24-53(45)62-56(46)50)44-31-33-48-52(36-44)61-55-38(2)27-34-49-54(55)57(48)47-32-30-43(35-51(47)60(49)41-19-10-5-11-20-41)58(39-15-6-3-7-16-39)40-17-8-4-9-18-40/h3-36H,1-2H3. The van der Waals surface area contributed by atoms with Crippen LogP contribution in [0.4, 0.5) is 51.2 Å². The molecular weight excluding hydrogens is 774 g/mol. The molecule has 0 N–H and O–H groups in total. The molecule has 2 aliphatic heterocycles. The zero-order valence-electron chi connectivity index (χ0n) is 34.4. The second-order valence-electron chi connectivity index (χ2n) is 16.2. The summed E-state index contributed by atoms with van der Waals surface area (Å²) < 4.78 is 9.74. The first kappa shape index (κ1) is 36.3. The highest BCUT2D eigenvalue weighted by atomic mass is 32.1. The summed E-state index contributed by atoms with van der Waals surface area (Å²) in [4.78, 5) is 7.18. The number of para-hydroxylation sites is 3. The number of hydrogen-bond acceptors (Lipinski definition) is 5. The molecule has 62 heavy (non-hydrogen) atoms. The molecule has 3 heterocycles. The van der Waals surface area contributed by atoms with Crippen molar-refractivity contribution in [1.29, 1.82) is 0 Å². The van der Waals surface area contributed by atoms with Crippen LogP contribution in [0.15, 0.2) is 206 Å². The van der Waals surface area contributed by atoms with Crippen LogP contribution in [0.1, 0.15) is 11.1 Å². The molecule has 0 aliphatic carbocycles. The van der Waals surface area contributed by atoms with Crippen molar-refractivity contribution >= 4 is 106 Å². The monoisotopic (exact) mass is 813 g/mol. The SMILES string of the molecule is Cc1ccc(N(c2ccc3c(c2)Oc2c(C)ccc4c2B3c2ccc(N(c3ccccc3)c3ccccc3)cc2N4c2ccccc2)c2cccc3c2sc2ccccc23)cc1. The number of ether oxygens (including phenoxy) is 1. The Bertz CT molecular complexity index is 3280. The second-order valence-corrected chi connectivity index (χ2v) is 17.3. The third-order valence-corrected chi connectivity index (χ3v) is 13.7. The van der Waals surface area contributed by atoms with Crippen molar-refractivity contribution in [3.8, 4) is 11.5 Å². The van der Waals surface area contributed by atoms with Gasteiger partial charge >= 0.3 is 0 Å². The van der Waals surface area contributed by atoms with Crippen molar-refractivity contribution in [1.82, 2.24) is 0 Å². The van der Waals surface area contributed by atoms with Crippen LogP contribution in [-0.4, -0.2) is 6.71 Å². The number of fused-ring (bicyclic) bond motifs is 7. The Balaban J connectivity index is 1.06. The van der Waals surface area contributed by atoms with Crippen molar-refractivity contribution in [2.75, 3.05) is 14.7 Å². The lowest BCUT2D eigenvalue weighted by atomic mass is 9.34. The van der Waals surface area contributed by atoms with E-state index in [0.717, 1.165) is 73.7 Å². The van der Waals surface area contributed by atoms with Crippen LogP contribution in [0.2, 0.25) is 0 Å². The molecule has 0 fully saturated rings. The fourth-order valence-corrected chi connectivity index (χ4v) is 10.8. The summed E-state index contributed by atoms with van der Waals surface area (Å²) in [6.07, 6.45) is 0. The van der Waals surface area contributed by atoms with Crippen LogP contribution in [0, 0.1) is 13.8 Å². The number of hydrogen-bond donors (Lipinski definition) is 0. The van der Waals surface area contributed by atoms with Gasteiger partial charge in [-0.05, 0) is 121 Å². The molecule has 0 saturated carbocycles. The largest absolute Gasteiger partial charge is 0.458 e. The Hall–Kier alpha value is -7.54. The zero-order chi connectivity index (χ0) is 41.3. The lowest BCUT2D eigenvalue weighted by molar-refractivity contribution is 0.484. The molecule has 1 aromatic heterocycles. The average Bonchev–Trinajstić information content (AvgIpc) is 3.71. The summed E-state index contributed by atoms with van der Waals surface area (Å²) in [5.41, 5.74) is 15.9. The van der Waals surface area contributed by atoms with Crippen molar-refractivity contribution in [2.24, 2.45) is 0 Å². The highest BCUT2D eigenvalue weighted by Gasteiger charge is 2.43. The van der Waals surface area contributed by atoms with Crippen LogP contribution < -0.4 is 35.8 Å². The third kappa shape index (κ3) is 5.82. The highest BCUT2D eigenvalue weighted by Crippen LogP contribution is 2.48. The van der Waals surface area contributed by atoms with Gasteiger partial charge in [-0.25, -0.2) is 0 Å². The topological polar surface area (TPSA) is 19.0 Å². The molecule has 0 bridgehead atoms. The molecule has 10 aromatic rings. The number of rotatable bonds is 7. The van der Waals surface area contributed by atoms with Gasteiger partial charge in [0.1, 0.15) is 11.5 Å². The average molecular weight is 814 g/mol. The molecule has 9 aromatic carbocycles. The summed E-state index contributed by atoms with van der Waals surface area (Å²) in [6, 6.07) is 74.7. The van der Waals surface area contributed by atoms with Crippen molar-refractivity contribution < 1.29 is 4.74 Å². The van der Waals surface area contributed by atoms with Gasteiger partial charge in [0, 0.05) is 67.0 Å². The Morgan fingerprint density at radius 2 is 1.10 bits per heavy atom. The van der Waals surface area contributed by atoms with Gasteiger partial charge in [0.2, 0.25) is 0 Å². The summed E-state index contributed by atoms with van der Waals surface area (Å²) in [6.45, 7) is 4.26. The third-order valence-electron chi connectivity index (χ3n) is 12.5. The quantitative estimate of drug-likeness (QED) is 0.149. The minimum absolute atomic E-state index is 0.0533. The predicted molar refractivity (Wildman–Crippen MR) is 264 cm³/mol. The first-order chi connectivity index (χ1) is 30.6. The van der Waals surface area contributed by atoms with Crippen molar-refractivity contribution in [2.45, 2.75) is 13.8 Å². The summed E-state index contributed by atoms with van der Waals surface area (Å²) >= 11 is 1.85. The molecule has 4 nitrogen and oxygen atoms in total. The van der Waals surface area contributed by atoms with E-state index in [4.69, 9.17) is 4.74 Å². The van der Waals surface area contributed by atoms with E-state index in [-0.39, 0.29) is 6.71 Å². The van der Waals surface area contributed by atoms with E-state index in [0.29, 0.717) is 0 Å². The lowest BCUT2D eigenvalue weighted by Gasteiger charge is -2.41. The van der Waals surface area contributed by atoms with E-state index in [1.54, 1.807) is 0 Å². The predicted octanol–water partition coefficient (Wildman–Crippen LogP) is 14.0. The van der Waals surface area contributed by atoms with Gasteiger partial charge in [-0.3, -0.25) is 0 Å². The Kier molecular flexibility index (Phi) is 8.54. The van der Waals surface area contributed by atoms with Gasteiger partial charge in [0.25, 0.3) is 6.71 Å². The fourth-order valence-electron chi connectivity index (χ4n) is 9.61. The Morgan fingerprint density at radius 3 is 1.84 bits per heavy atom. The summed E-state index contributed by atoms with van der Waals surface area (Å²) in [5, 5.41) is 2.56. The molecule has 0 amide bonds. The zero-order valence-corrected chi connectivity index (χ0v) is 35.2. The number of anilines is 9. The Morgan fingerprint density at radius 1 is 0.484 bits per heavy atom. The van der Waals surface area contributed by atoms with E-state index in [1.807, 2.05) is 11.3 Å². The number of aryl methyl sites for hydroxylation is 2. The van der Waals surface area contributed by atoms with Gasteiger partial charge < -0.3 is 19.4 Å². The van der Waals surface area contributed by atoms with Gasteiger partial charge in [0.05, 0.1) is 10.4 Å². The van der Waals surface area contributed by atoms with Gasteiger partial charge in [-0.15, -0.1) is 11.3 Å². The van der Waals surface area contributed by atoms with E-state index in [9.17, 15) is 0 Å². The maximum atomic E-state index is 7.19. The summed E-state index contributed by atoms with van der Waals surface area (Å²) in [7, 11) is 0. The number of benzene rings is 9. The van der Waals surface area contributed by atoms with Crippen molar-refractivity contribution in [3.05, 3.63) is 217 Å². The van der Waals surface area contributed by atoms with E-state index < -0.39 is 0 Å². The maximum Gasteiger partial charge on any atom is 0.256 e. The van der Waals surface area contributed by atoms with Gasteiger partial charge in [-0.2, -0.15) is 0 Å². The molecule has 0 spiro atoms. The molecule has 294 valence electrons. The molecule has 0 atom stereocenters. The lowest BCUT2D eigenvalue weighted by Crippen LogP contribution is -2.59. The van der Waals surface area contributed by atoms with E-state index >= 15 is 0 Å². The first-order valence-corrected chi connectivity index (χ1v) is 22.0. The normalized spacial score (nSPS) is 12.4. The smallest absolute Gasteiger partial charge is 0.256 e. The minimum Gasteiger partial charge on any atom is -0.458 e.